The highest BCUT2D eigenvalue weighted by Crippen LogP contribution is 2.25. The molecule has 0 aliphatic carbocycles. The van der Waals surface area contributed by atoms with Gasteiger partial charge in [0.1, 0.15) is 17.2 Å². The highest BCUT2D eigenvalue weighted by Gasteiger charge is 2.14. The Morgan fingerprint density at radius 3 is 2.52 bits per heavy atom. The van der Waals surface area contributed by atoms with Crippen molar-refractivity contribution in [3.63, 3.8) is 0 Å². The number of nitrogens with one attached hydrogen (secondary N) is 2. The van der Waals surface area contributed by atoms with Crippen LogP contribution in [0.1, 0.15) is 5.69 Å². The average molecular weight is 328 g/mol. The zero-order valence-corrected chi connectivity index (χ0v) is 13.9. The molecule has 0 amide bonds. The third-order valence-corrected chi connectivity index (χ3v) is 4.28. The average Bonchev–Trinajstić information content (AvgIpc) is 2.99. The number of aromatic nitrogens is 3. The minimum atomic E-state index is 0.0687. The standard InChI is InChI=1S/C19H16N6/c1-24(2)12-7-9-13(10-8-12)25-18(21)16(11-20)22-17-14-5-3-4-6-15(14)23-19(17)25/h3-10,21,23H,1-2H3. The molecular formula is C19H16N6. The van der Waals surface area contributed by atoms with E-state index in [2.05, 4.69) is 9.97 Å². The zero-order chi connectivity index (χ0) is 17.6. The number of H-pyrrole nitrogens is 1. The quantitative estimate of drug-likeness (QED) is 0.593. The number of fused-ring (bicyclic) bond motifs is 3. The van der Waals surface area contributed by atoms with E-state index >= 15 is 0 Å². The SMILES string of the molecule is CN(C)c1ccc(-n2c(=N)c(C#N)nc3c4ccccc4[nH]c32)cc1. The molecule has 6 heteroatoms. The van der Waals surface area contributed by atoms with Crippen molar-refractivity contribution in [1.82, 2.24) is 14.5 Å². The number of hydrogen-bond donors (Lipinski definition) is 2. The number of para-hydroxylation sites is 1. The van der Waals surface area contributed by atoms with Crippen molar-refractivity contribution in [3.8, 4) is 11.8 Å². The van der Waals surface area contributed by atoms with Gasteiger partial charge in [-0.25, -0.2) is 4.98 Å². The van der Waals surface area contributed by atoms with Crippen LogP contribution in [0, 0.1) is 16.7 Å². The van der Waals surface area contributed by atoms with Gasteiger partial charge in [-0.2, -0.15) is 5.26 Å². The van der Waals surface area contributed by atoms with E-state index in [4.69, 9.17) is 5.41 Å². The summed E-state index contributed by atoms with van der Waals surface area (Å²) in [5.74, 6) is 0. The van der Waals surface area contributed by atoms with Crippen molar-refractivity contribution < 1.29 is 0 Å². The smallest absolute Gasteiger partial charge is 0.184 e. The van der Waals surface area contributed by atoms with Crippen molar-refractivity contribution >= 4 is 27.8 Å². The molecular weight excluding hydrogens is 312 g/mol. The number of nitrogens with zero attached hydrogens (tertiary/aromatic N) is 4. The van der Waals surface area contributed by atoms with Crippen LogP contribution in [0.4, 0.5) is 5.69 Å². The predicted octanol–water partition coefficient (Wildman–Crippen LogP) is 2.92. The molecule has 0 atom stereocenters. The van der Waals surface area contributed by atoms with Crippen LogP contribution in [0.5, 0.6) is 0 Å². The van der Waals surface area contributed by atoms with E-state index in [9.17, 15) is 5.26 Å². The summed E-state index contributed by atoms with van der Waals surface area (Å²) in [6.45, 7) is 0. The number of benzene rings is 2. The second-order valence-corrected chi connectivity index (χ2v) is 6.03. The van der Waals surface area contributed by atoms with Gasteiger partial charge in [0.05, 0.1) is 0 Å². The van der Waals surface area contributed by atoms with Gasteiger partial charge < -0.3 is 9.88 Å². The molecule has 0 unspecified atom stereocenters. The first-order chi connectivity index (χ1) is 12.1. The Morgan fingerprint density at radius 1 is 1.12 bits per heavy atom. The van der Waals surface area contributed by atoms with E-state index in [0.717, 1.165) is 22.3 Å². The van der Waals surface area contributed by atoms with E-state index in [1.54, 1.807) is 4.57 Å². The maximum atomic E-state index is 9.41. The van der Waals surface area contributed by atoms with Gasteiger partial charge in [-0.3, -0.25) is 9.98 Å². The van der Waals surface area contributed by atoms with Gasteiger partial charge in [0.2, 0.25) is 0 Å². The normalized spacial score (nSPS) is 10.9. The van der Waals surface area contributed by atoms with Crippen molar-refractivity contribution in [1.29, 1.82) is 10.7 Å². The Kier molecular flexibility index (Phi) is 3.29. The molecule has 0 spiro atoms. The first-order valence-corrected chi connectivity index (χ1v) is 7.86. The maximum absolute atomic E-state index is 9.41. The Balaban J connectivity index is 2.09. The Bertz CT molecular complexity index is 1190. The molecule has 0 saturated carbocycles. The van der Waals surface area contributed by atoms with Crippen LogP contribution in [0.2, 0.25) is 0 Å². The molecule has 4 aromatic rings. The Morgan fingerprint density at radius 2 is 1.84 bits per heavy atom. The molecule has 0 aliphatic rings. The van der Waals surface area contributed by atoms with E-state index in [1.807, 2.05) is 73.6 Å². The predicted molar refractivity (Wildman–Crippen MR) is 97.8 cm³/mol. The second kappa shape index (κ2) is 5.49. The summed E-state index contributed by atoms with van der Waals surface area (Å²) in [5.41, 5.74) is 4.39. The van der Waals surface area contributed by atoms with Gasteiger partial charge in [-0.15, -0.1) is 0 Å². The molecule has 0 aliphatic heterocycles. The van der Waals surface area contributed by atoms with E-state index in [1.165, 1.54) is 0 Å². The van der Waals surface area contributed by atoms with E-state index in [0.29, 0.717) is 11.2 Å². The summed E-state index contributed by atoms with van der Waals surface area (Å²) < 4.78 is 1.74. The molecule has 0 bridgehead atoms. The Labute approximate surface area is 144 Å². The van der Waals surface area contributed by atoms with Crippen LogP contribution in [0.25, 0.3) is 27.8 Å². The third kappa shape index (κ3) is 2.25. The van der Waals surface area contributed by atoms with Gasteiger partial charge in [0.15, 0.2) is 11.2 Å². The number of rotatable bonds is 2. The van der Waals surface area contributed by atoms with Crippen LogP contribution in [-0.4, -0.2) is 28.6 Å². The molecule has 2 N–H and O–H groups in total. The van der Waals surface area contributed by atoms with Crippen LogP contribution in [0.3, 0.4) is 0 Å². The lowest BCUT2D eigenvalue weighted by atomic mass is 10.2. The minimum absolute atomic E-state index is 0.0687. The van der Waals surface area contributed by atoms with Gasteiger partial charge in [-0.1, -0.05) is 18.2 Å². The molecule has 25 heavy (non-hydrogen) atoms. The molecule has 2 heterocycles. The fraction of sp³-hybridized carbons (Fsp3) is 0.105. The van der Waals surface area contributed by atoms with Crippen LogP contribution >= 0.6 is 0 Å². The van der Waals surface area contributed by atoms with Gasteiger partial charge in [0.25, 0.3) is 0 Å². The highest BCUT2D eigenvalue weighted by atomic mass is 15.1. The van der Waals surface area contributed by atoms with Crippen LogP contribution in [0.15, 0.2) is 48.5 Å². The topological polar surface area (TPSA) is 84.5 Å². The number of anilines is 1. The molecule has 0 radical (unpaired) electrons. The van der Waals surface area contributed by atoms with E-state index in [-0.39, 0.29) is 11.2 Å². The largest absolute Gasteiger partial charge is 0.378 e. The van der Waals surface area contributed by atoms with Crippen molar-refractivity contribution in [2.75, 3.05) is 19.0 Å². The van der Waals surface area contributed by atoms with Gasteiger partial charge >= 0.3 is 0 Å². The lowest BCUT2D eigenvalue weighted by Gasteiger charge is -2.14. The molecule has 122 valence electrons. The number of aromatic amines is 1. The number of hydrogen-bond acceptors (Lipinski definition) is 4. The van der Waals surface area contributed by atoms with E-state index < -0.39 is 0 Å². The molecule has 2 aromatic carbocycles. The lowest BCUT2D eigenvalue weighted by molar-refractivity contribution is 0.921. The summed E-state index contributed by atoms with van der Waals surface area (Å²) >= 11 is 0. The van der Waals surface area contributed by atoms with Crippen molar-refractivity contribution in [2.45, 2.75) is 0 Å². The third-order valence-electron chi connectivity index (χ3n) is 4.28. The highest BCUT2D eigenvalue weighted by molar-refractivity contribution is 6.04. The summed E-state index contributed by atoms with van der Waals surface area (Å²) in [4.78, 5) is 9.76. The molecule has 0 saturated heterocycles. The van der Waals surface area contributed by atoms with Crippen molar-refractivity contribution in [3.05, 3.63) is 59.7 Å². The van der Waals surface area contributed by atoms with Crippen molar-refractivity contribution in [2.24, 2.45) is 0 Å². The minimum Gasteiger partial charge on any atom is -0.378 e. The van der Waals surface area contributed by atoms with Crippen LogP contribution in [-0.2, 0) is 0 Å². The summed E-state index contributed by atoms with van der Waals surface area (Å²) in [7, 11) is 3.96. The molecule has 6 nitrogen and oxygen atoms in total. The number of nitriles is 1. The van der Waals surface area contributed by atoms with Gasteiger partial charge in [-0.05, 0) is 30.3 Å². The second-order valence-electron chi connectivity index (χ2n) is 6.03. The summed E-state index contributed by atoms with van der Waals surface area (Å²) in [6.07, 6.45) is 0. The fourth-order valence-corrected chi connectivity index (χ4v) is 3.01. The lowest BCUT2D eigenvalue weighted by Crippen LogP contribution is -2.23. The van der Waals surface area contributed by atoms with Crippen LogP contribution < -0.4 is 10.4 Å². The zero-order valence-electron chi connectivity index (χ0n) is 13.9. The molecule has 0 fully saturated rings. The summed E-state index contributed by atoms with van der Waals surface area (Å²) in [5, 5.41) is 18.8. The first kappa shape index (κ1) is 15.0. The summed E-state index contributed by atoms with van der Waals surface area (Å²) in [6, 6.07) is 17.7. The monoisotopic (exact) mass is 328 g/mol. The first-order valence-electron chi connectivity index (χ1n) is 7.86. The van der Waals surface area contributed by atoms with Gasteiger partial charge in [0, 0.05) is 36.4 Å². The fourth-order valence-electron chi connectivity index (χ4n) is 3.01. The molecule has 2 aromatic heterocycles. The maximum Gasteiger partial charge on any atom is 0.184 e. The molecule has 4 rings (SSSR count). The Hall–Kier alpha value is -3.59.